The van der Waals surface area contributed by atoms with E-state index in [-0.39, 0.29) is 0 Å². The number of furan rings is 1. The van der Waals surface area contributed by atoms with Gasteiger partial charge in [0.05, 0.1) is 18.4 Å². The van der Waals surface area contributed by atoms with Crippen LogP contribution in [0.25, 0.3) is 0 Å². The highest BCUT2D eigenvalue weighted by Gasteiger charge is 2.29. The zero-order valence-corrected chi connectivity index (χ0v) is 10.4. The van der Waals surface area contributed by atoms with E-state index in [9.17, 15) is 13.2 Å². The maximum absolute atomic E-state index is 12.4. The van der Waals surface area contributed by atoms with Crippen LogP contribution in [0.15, 0.2) is 41.0 Å². The molecule has 0 fully saturated rings. The van der Waals surface area contributed by atoms with E-state index in [1.54, 1.807) is 6.26 Å². The fraction of sp³-hybridized carbons (Fsp3) is 0.286. The van der Waals surface area contributed by atoms with E-state index >= 15 is 0 Å². The van der Waals surface area contributed by atoms with Crippen molar-refractivity contribution >= 4 is 0 Å². The first-order chi connectivity index (χ1) is 8.97. The Morgan fingerprint density at radius 1 is 1.05 bits per heavy atom. The van der Waals surface area contributed by atoms with Crippen molar-refractivity contribution in [3.05, 3.63) is 59.0 Å². The van der Waals surface area contributed by atoms with E-state index in [1.807, 2.05) is 13.0 Å². The van der Waals surface area contributed by atoms with Gasteiger partial charge in [0.15, 0.2) is 0 Å². The molecule has 1 aromatic carbocycles. The van der Waals surface area contributed by atoms with Crippen LogP contribution in [-0.4, -0.2) is 0 Å². The Kier molecular flexibility index (Phi) is 3.95. The van der Waals surface area contributed by atoms with Crippen LogP contribution < -0.4 is 5.32 Å². The second-order valence-corrected chi connectivity index (χ2v) is 4.33. The van der Waals surface area contributed by atoms with E-state index in [4.69, 9.17) is 4.42 Å². The zero-order chi connectivity index (χ0) is 13.9. The van der Waals surface area contributed by atoms with Gasteiger partial charge in [0.2, 0.25) is 0 Å². The maximum Gasteiger partial charge on any atom is 0.416 e. The molecule has 0 amide bonds. The number of rotatable bonds is 4. The highest BCUT2D eigenvalue weighted by atomic mass is 19.4. The third-order valence-electron chi connectivity index (χ3n) is 2.86. The summed E-state index contributed by atoms with van der Waals surface area (Å²) in [6.07, 6.45) is -2.66. The predicted molar refractivity (Wildman–Crippen MR) is 65.4 cm³/mol. The normalized spacial score (nSPS) is 11.8. The highest BCUT2D eigenvalue weighted by molar-refractivity contribution is 5.24. The molecule has 0 aliphatic heterocycles. The van der Waals surface area contributed by atoms with Crippen molar-refractivity contribution in [3.63, 3.8) is 0 Å². The summed E-state index contributed by atoms with van der Waals surface area (Å²) in [5.74, 6) is 0.840. The van der Waals surface area contributed by atoms with Crippen molar-refractivity contribution in [1.29, 1.82) is 0 Å². The van der Waals surface area contributed by atoms with Crippen LogP contribution >= 0.6 is 0 Å². The van der Waals surface area contributed by atoms with Crippen LogP contribution in [0.1, 0.15) is 22.5 Å². The van der Waals surface area contributed by atoms with E-state index in [0.29, 0.717) is 13.1 Å². The Labute approximate surface area is 109 Å². The molecule has 1 heterocycles. The summed E-state index contributed by atoms with van der Waals surface area (Å²) < 4.78 is 42.4. The zero-order valence-electron chi connectivity index (χ0n) is 10.4. The molecule has 0 saturated carbocycles. The fourth-order valence-corrected chi connectivity index (χ4v) is 1.72. The van der Waals surface area contributed by atoms with Gasteiger partial charge in [-0.05, 0) is 36.2 Å². The molecule has 0 radical (unpaired) electrons. The molecule has 102 valence electrons. The van der Waals surface area contributed by atoms with Gasteiger partial charge in [-0.3, -0.25) is 0 Å². The monoisotopic (exact) mass is 269 g/mol. The van der Waals surface area contributed by atoms with E-state index in [2.05, 4.69) is 5.32 Å². The van der Waals surface area contributed by atoms with Gasteiger partial charge in [-0.25, -0.2) is 0 Å². The second kappa shape index (κ2) is 5.48. The van der Waals surface area contributed by atoms with Gasteiger partial charge in [0, 0.05) is 6.54 Å². The number of aryl methyl sites for hydroxylation is 1. The number of halogens is 3. The molecule has 0 spiro atoms. The van der Waals surface area contributed by atoms with Crippen molar-refractivity contribution < 1.29 is 17.6 Å². The molecule has 1 N–H and O–H groups in total. The molecule has 0 aliphatic carbocycles. The fourth-order valence-electron chi connectivity index (χ4n) is 1.72. The van der Waals surface area contributed by atoms with Crippen molar-refractivity contribution in [1.82, 2.24) is 5.32 Å². The third-order valence-corrected chi connectivity index (χ3v) is 2.86. The number of hydrogen-bond acceptors (Lipinski definition) is 2. The molecule has 2 nitrogen and oxygen atoms in total. The Bertz CT molecular complexity index is 528. The lowest BCUT2D eigenvalue weighted by Crippen LogP contribution is -2.13. The Balaban J connectivity index is 1.89. The highest BCUT2D eigenvalue weighted by Crippen LogP contribution is 2.29. The first kappa shape index (κ1) is 13.7. The number of nitrogens with one attached hydrogen (secondary N) is 1. The van der Waals surface area contributed by atoms with Crippen LogP contribution in [0.2, 0.25) is 0 Å². The van der Waals surface area contributed by atoms with Crippen LogP contribution in [0.5, 0.6) is 0 Å². The van der Waals surface area contributed by atoms with E-state index < -0.39 is 11.7 Å². The van der Waals surface area contributed by atoms with Gasteiger partial charge >= 0.3 is 6.18 Å². The Hall–Kier alpha value is -1.75. The van der Waals surface area contributed by atoms with Crippen molar-refractivity contribution in [3.8, 4) is 0 Å². The lowest BCUT2D eigenvalue weighted by Gasteiger charge is -2.08. The van der Waals surface area contributed by atoms with Gasteiger partial charge in [-0.15, -0.1) is 0 Å². The molecule has 2 aromatic rings. The van der Waals surface area contributed by atoms with Gasteiger partial charge < -0.3 is 9.73 Å². The number of alkyl halides is 3. The van der Waals surface area contributed by atoms with Gasteiger partial charge in [0.25, 0.3) is 0 Å². The minimum absolute atomic E-state index is 0.498. The summed E-state index contributed by atoms with van der Waals surface area (Å²) in [6.45, 7) is 3.00. The first-order valence-electron chi connectivity index (χ1n) is 5.86. The van der Waals surface area contributed by atoms with Gasteiger partial charge in [0.1, 0.15) is 5.76 Å². The molecule has 0 saturated heterocycles. The van der Waals surface area contributed by atoms with Crippen molar-refractivity contribution in [2.45, 2.75) is 26.2 Å². The summed E-state index contributed by atoms with van der Waals surface area (Å²) in [7, 11) is 0. The number of benzene rings is 1. The first-order valence-corrected chi connectivity index (χ1v) is 5.86. The molecule has 5 heteroatoms. The van der Waals surface area contributed by atoms with Crippen LogP contribution in [0, 0.1) is 6.92 Å². The summed E-state index contributed by atoms with van der Waals surface area (Å²) in [4.78, 5) is 0. The molecular weight excluding hydrogens is 255 g/mol. The minimum Gasteiger partial charge on any atom is -0.468 e. The summed E-state index contributed by atoms with van der Waals surface area (Å²) in [6, 6.07) is 7.01. The summed E-state index contributed by atoms with van der Waals surface area (Å²) in [5.41, 5.74) is 1.23. The van der Waals surface area contributed by atoms with Crippen molar-refractivity contribution in [2.75, 3.05) is 0 Å². The van der Waals surface area contributed by atoms with Gasteiger partial charge in [-0.1, -0.05) is 12.1 Å². The molecule has 0 atom stereocenters. The number of hydrogen-bond donors (Lipinski definition) is 1. The standard InChI is InChI=1S/C14H14F3NO/c1-10-6-7-19-13(10)9-18-8-11-2-4-12(5-3-11)14(15,16)17/h2-7,18H,8-9H2,1H3. The van der Waals surface area contributed by atoms with Crippen LogP contribution in [0.3, 0.4) is 0 Å². The Morgan fingerprint density at radius 2 is 1.74 bits per heavy atom. The quantitative estimate of drug-likeness (QED) is 0.910. The molecule has 0 bridgehead atoms. The molecule has 1 aromatic heterocycles. The van der Waals surface area contributed by atoms with Crippen molar-refractivity contribution in [2.24, 2.45) is 0 Å². The molecular formula is C14H14F3NO. The second-order valence-electron chi connectivity index (χ2n) is 4.33. The SMILES string of the molecule is Cc1ccoc1CNCc1ccc(C(F)(F)F)cc1. The van der Waals surface area contributed by atoms with Crippen LogP contribution in [0.4, 0.5) is 13.2 Å². The topological polar surface area (TPSA) is 25.2 Å². The average molecular weight is 269 g/mol. The minimum atomic E-state index is -4.28. The lowest BCUT2D eigenvalue weighted by molar-refractivity contribution is -0.137. The third kappa shape index (κ3) is 3.61. The van der Waals surface area contributed by atoms with Crippen LogP contribution in [-0.2, 0) is 19.3 Å². The largest absolute Gasteiger partial charge is 0.468 e. The lowest BCUT2D eigenvalue weighted by atomic mass is 10.1. The van der Waals surface area contributed by atoms with E-state index in [0.717, 1.165) is 29.0 Å². The predicted octanol–water partition coefficient (Wildman–Crippen LogP) is 3.90. The average Bonchev–Trinajstić information content (AvgIpc) is 2.75. The molecule has 2 rings (SSSR count). The smallest absolute Gasteiger partial charge is 0.416 e. The molecule has 0 aliphatic rings. The molecule has 0 unspecified atom stereocenters. The van der Waals surface area contributed by atoms with Gasteiger partial charge in [-0.2, -0.15) is 13.2 Å². The Morgan fingerprint density at radius 3 is 2.26 bits per heavy atom. The summed E-state index contributed by atoms with van der Waals surface area (Å²) in [5, 5.41) is 3.13. The van der Waals surface area contributed by atoms with E-state index in [1.165, 1.54) is 12.1 Å². The summed E-state index contributed by atoms with van der Waals surface area (Å²) >= 11 is 0. The molecule has 19 heavy (non-hydrogen) atoms. The maximum atomic E-state index is 12.4.